The number of carbonyl (C=O) groups is 2. The Hall–Kier alpha value is -2.34. The fourth-order valence-corrected chi connectivity index (χ4v) is 2.59. The molecule has 2 aromatic rings. The second kappa shape index (κ2) is 8.33. The fraction of sp³-hybridized carbons (Fsp3) is 0.294. The maximum atomic E-state index is 11.7. The van der Waals surface area contributed by atoms with Crippen LogP contribution in [0.3, 0.4) is 0 Å². The number of rotatable bonds is 6. The standard InChI is InChI=1S/C17H20N2O3S/c1-12-5-6-14(10-13(12)2)22-11-17(21)19-18-16(20)8-7-15-4-3-9-23-15/h3-6,9-10H,7-8,11H2,1-2H3,(H,18,20)(H,19,21). The lowest BCUT2D eigenvalue weighted by Gasteiger charge is -2.09. The summed E-state index contributed by atoms with van der Waals surface area (Å²) in [5, 5.41) is 1.97. The predicted octanol–water partition coefficient (Wildman–Crippen LogP) is 2.52. The number of nitrogens with one attached hydrogen (secondary N) is 2. The third-order valence-corrected chi connectivity index (χ3v) is 4.30. The summed E-state index contributed by atoms with van der Waals surface area (Å²) < 4.78 is 5.39. The highest BCUT2D eigenvalue weighted by Crippen LogP contribution is 2.16. The van der Waals surface area contributed by atoms with Crippen molar-refractivity contribution in [2.75, 3.05) is 6.61 Å². The molecule has 2 rings (SSSR count). The van der Waals surface area contributed by atoms with Crippen molar-refractivity contribution in [1.82, 2.24) is 10.9 Å². The summed E-state index contributed by atoms with van der Waals surface area (Å²) in [5.41, 5.74) is 7.00. The van der Waals surface area contributed by atoms with E-state index in [4.69, 9.17) is 4.74 Å². The average Bonchev–Trinajstić information content (AvgIpc) is 3.05. The minimum Gasteiger partial charge on any atom is -0.484 e. The van der Waals surface area contributed by atoms with Gasteiger partial charge in [0, 0.05) is 11.3 Å². The molecule has 1 aromatic heterocycles. The Balaban J connectivity index is 1.66. The van der Waals surface area contributed by atoms with E-state index in [0.717, 1.165) is 10.4 Å². The maximum Gasteiger partial charge on any atom is 0.276 e. The van der Waals surface area contributed by atoms with E-state index in [2.05, 4.69) is 10.9 Å². The molecule has 0 bridgehead atoms. The number of hydrogen-bond donors (Lipinski definition) is 2. The summed E-state index contributed by atoms with van der Waals surface area (Å²) in [7, 11) is 0. The summed E-state index contributed by atoms with van der Waals surface area (Å²) >= 11 is 1.61. The average molecular weight is 332 g/mol. The first-order valence-electron chi connectivity index (χ1n) is 7.34. The zero-order valence-corrected chi connectivity index (χ0v) is 14.0. The highest BCUT2D eigenvalue weighted by molar-refractivity contribution is 7.09. The van der Waals surface area contributed by atoms with Gasteiger partial charge in [-0.05, 0) is 55.0 Å². The number of amides is 2. The topological polar surface area (TPSA) is 67.4 Å². The third kappa shape index (κ3) is 5.75. The number of ether oxygens (including phenoxy) is 1. The van der Waals surface area contributed by atoms with Crippen LogP contribution < -0.4 is 15.6 Å². The van der Waals surface area contributed by atoms with Crippen LogP contribution in [0.15, 0.2) is 35.7 Å². The molecule has 1 aromatic carbocycles. The lowest BCUT2D eigenvalue weighted by Crippen LogP contribution is -2.43. The zero-order chi connectivity index (χ0) is 16.7. The number of hydrazine groups is 1. The summed E-state index contributed by atoms with van der Waals surface area (Å²) in [6.45, 7) is 3.85. The second-order valence-electron chi connectivity index (χ2n) is 5.21. The van der Waals surface area contributed by atoms with Gasteiger partial charge in [-0.25, -0.2) is 0 Å². The molecule has 2 amide bonds. The zero-order valence-electron chi connectivity index (χ0n) is 13.2. The van der Waals surface area contributed by atoms with Crippen LogP contribution in [0.2, 0.25) is 0 Å². The van der Waals surface area contributed by atoms with Gasteiger partial charge in [0.1, 0.15) is 5.75 Å². The van der Waals surface area contributed by atoms with E-state index in [1.807, 2.05) is 49.6 Å². The SMILES string of the molecule is Cc1ccc(OCC(=O)NNC(=O)CCc2cccs2)cc1C. The highest BCUT2D eigenvalue weighted by atomic mass is 32.1. The van der Waals surface area contributed by atoms with Gasteiger partial charge in [0.25, 0.3) is 5.91 Å². The van der Waals surface area contributed by atoms with Crippen molar-refractivity contribution in [1.29, 1.82) is 0 Å². The maximum absolute atomic E-state index is 11.7. The number of hydrogen-bond acceptors (Lipinski definition) is 4. The van der Waals surface area contributed by atoms with Gasteiger partial charge in [0.2, 0.25) is 5.91 Å². The molecule has 2 N–H and O–H groups in total. The number of aryl methyl sites for hydroxylation is 3. The van der Waals surface area contributed by atoms with E-state index in [1.54, 1.807) is 11.3 Å². The van der Waals surface area contributed by atoms with E-state index < -0.39 is 5.91 Å². The molecule has 0 saturated heterocycles. The summed E-state index contributed by atoms with van der Waals surface area (Å²) in [6.07, 6.45) is 0.997. The Kier molecular flexibility index (Phi) is 6.17. The van der Waals surface area contributed by atoms with Gasteiger partial charge in [-0.1, -0.05) is 12.1 Å². The number of carbonyl (C=O) groups excluding carboxylic acids is 2. The Morgan fingerprint density at radius 1 is 1.09 bits per heavy atom. The molecule has 5 nitrogen and oxygen atoms in total. The summed E-state index contributed by atoms with van der Waals surface area (Å²) in [5.74, 6) is 0.0119. The van der Waals surface area contributed by atoms with Gasteiger partial charge in [0.05, 0.1) is 0 Å². The van der Waals surface area contributed by atoms with Crippen LogP contribution in [0.5, 0.6) is 5.75 Å². The quantitative estimate of drug-likeness (QED) is 0.799. The number of benzene rings is 1. The monoisotopic (exact) mass is 332 g/mol. The Labute approximate surface area is 139 Å². The van der Waals surface area contributed by atoms with Crippen molar-refractivity contribution in [3.05, 3.63) is 51.7 Å². The van der Waals surface area contributed by atoms with E-state index in [9.17, 15) is 9.59 Å². The minimum absolute atomic E-state index is 0.145. The lowest BCUT2D eigenvalue weighted by molar-refractivity contribution is -0.130. The van der Waals surface area contributed by atoms with Crippen LogP contribution in [0.1, 0.15) is 22.4 Å². The van der Waals surface area contributed by atoms with Crippen LogP contribution in [0.25, 0.3) is 0 Å². The van der Waals surface area contributed by atoms with Crippen molar-refractivity contribution >= 4 is 23.2 Å². The Morgan fingerprint density at radius 2 is 1.87 bits per heavy atom. The first-order chi connectivity index (χ1) is 11.0. The molecule has 0 fully saturated rings. The second-order valence-corrected chi connectivity index (χ2v) is 6.24. The van der Waals surface area contributed by atoms with Gasteiger partial charge >= 0.3 is 0 Å². The van der Waals surface area contributed by atoms with Gasteiger partial charge in [-0.2, -0.15) is 0 Å². The van der Waals surface area contributed by atoms with Gasteiger partial charge in [-0.3, -0.25) is 20.4 Å². The first-order valence-corrected chi connectivity index (χ1v) is 8.22. The molecule has 0 unspecified atom stereocenters. The minimum atomic E-state index is -0.396. The van der Waals surface area contributed by atoms with Gasteiger partial charge in [0.15, 0.2) is 6.61 Å². The Morgan fingerprint density at radius 3 is 2.57 bits per heavy atom. The van der Waals surface area contributed by atoms with Gasteiger partial charge in [-0.15, -0.1) is 11.3 Å². The van der Waals surface area contributed by atoms with Crippen molar-refractivity contribution in [3.63, 3.8) is 0 Å². The number of thiophene rings is 1. The molecule has 0 aliphatic carbocycles. The molecule has 6 heteroatoms. The third-order valence-electron chi connectivity index (χ3n) is 3.37. The van der Waals surface area contributed by atoms with Crippen LogP contribution in [-0.4, -0.2) is 18.4 Å². The largest absolute Gasteiger partial charge is 0.484 e. The molecule has 0 atom stereocenters. The van der Waals surface area contributed by atoms with Crippen LogP contribution in [0.4, 0.5) is 0 Å². The first kappa shape index (κ1) is 17.0. The highest BCUT2D eigenvalue weighted by Gasteiger charge is 2.07. The smallest absolute Gasteiger partial charge is 0.276 e. The van der Waals surface area contributed by atoms with Crippen molar-refractivity contribution in [2.24, 2.45) is 0 Å². The molecule has 0 aliphatic heterocycles. The van der Waals surface area contributed by atoms with E-state index in [0.29, 0.717) is 18.6 Å². The molecule has 1 heterocycles. The van der Waals surface area contributed by atoms with Crippen molar-refractivity contribution < 1.29 is 14.3 Å². The molecular formula is C17H20N2O3S. The van der Waals surface area contributed by atoms with Crippen LogP contribution >= 0.6 is 11.3 Å². The molecule has 0 radical (unpaired) electrons. The molecule has 23 heavy (non-hydrogen) atoms. The predicted molar refractivity (Wildman–Crippen MR) is 90.3 cm³/mol. The van der Waals surface area contributed by atoms with Gasteiger partial charge < -0.3 is 4.74 Å². The summed E-state index contributed by atoms with van der Waals surface area (Å²) in [6, 6.07) is 9.56. The lowest BCUT2D eigenvalue weighted by atomic mass is 10.1. The molecule has 0 spiro atoms. The van der Waals surface area contributed by atoms with E-state index in [1.165, 1.54) is 5.56 Å². The summed E-state index contributed by atoms with van der Waals surface area (Å²) in [4.78, 5) is 24.4. The van der Waals surface area contributed by atoms with Crippen molar-refractivity contribution in [2.45, 2.75) is 26.7 Å². The van der Waals surface area contributed by atoms with Crippen molar-refractivity contribution in [3.8, 4) is 5.75 Å². The van der Waals surface area contributed by atoms with E-state index in [-0.39, 0.29) is 12.5 Å². The Bertz CT molecular complexity index is 668. The van der Waals surface area contributed by atoms with Crippen LogP contribution in [0, 0.1) is 13.8 Å². The molecule has 0 saturated carbocycles. The van der Waals surface area contributed by atoms with E-state index >= 15 is 0 Å². The normalized spacial score (nSPS) is 10.2. The fourth-order valence-electron chi connectivity index (χ4n) is 1.88. The molecule has 122 valence electrons. The van der Waals surface area contributed by atoms with Crippen LogP contribution in [-0.2, 0) is 16.0 Å². The molecule has 0 aliphatic rings. The molecular weight excluding hydrogens is 312 g/mol.